The molecule has 0 N–H and O–H groups in total. The number of fused-ring (bicyclic) bond motifs is 1. The first-order valence-electron chi connectivity index (χ1n) is 13.1. The maximum atomic E-state index is 12.0. The van der Waals surface area contributed by atoms with Gasteiger partial charge in [0.2, 0.25) is 0 Å². The van der Waals surface area contributed by atoms with Gasteiger partial charge < -0.3 is 9.47 Å². The molecule has 0 aliphatic carbocycles. The van der Waals surface area contributed by atoms with Crippen LogP contribution < -0.4 is 9.47 Å². The zero-order chi connectivity index (χ0) is 26.0. The number of hydrogen-bond donors (Lipinski definition) is 0. The van der Waals surface area contributed by atoms with Crippen LogP contribution in [0.1, 0.15) is 90.7 Å². The molecule has 0 spiro atoms. The Morgan fingerprint density at radius 1 is 1.03 bits per heavy atom. The van der Waals surface area contributed by atoms with Crippen molar-refractivity contribution in [1.29, 1.82) is 0 Å². The van der Waals surface area contributed by atoms with Crippen LogP contribution in [0.15, 0.2) is 47.1 Å². The van der Waals surface area contributed by atoms with Crippen molar-refractivity contribution in [1.82, 2.24) is 4.90 Å². The lowest BCUT2D eigenvalue weighted by atomic mass is 9.87. The van der Waals surface area contributed by atoms with Crippen molar-refractivity contribution in [3.63, 3.8) is 0 Å². The van der Waals surface area contributed by atoms with Gasteiger partial charge in [-0.2, -0.15) is 0 Å². The molecule has 1 unspecified atom stereocenters. The predicted molar refractivity (Wildman–Crippen MR) is 147 cm³/mol. The zero-order valence-electron chi connectivity index (χ0n) is 23.4. The van der Waals surface area contributed by atoms with Crippen LogP contribution in [0.25, 0.3) is 0 Å². The molecule has 0 amide bonds. The highest BCUT2D eigenvalue weighted by Gasteiger charge is 2.32. The quantitative estimate of drug-likeness (QED) is 0.174. The number of carbonyl (C=O) groups is 1. The van der Waals surface area contributed by atoms with Crippen LogP contribution in [0.2, 0.25) is 0 Å². The van der Waals surface area contributed by atoms with E-state index in [1.807, 2.05) is 38.1 Å². The van der Waals surface area contributed by atoms with Crippen LogP contribution in [0.3, 0.4) is 0 Å². The highest BCUT2D eigenvalue weighted by Crippen LogP contribution is 2.40. The smallest absolute Gasteiger partial charge is 0.325 e. The van der Waals surface area contributed by atoms with Gasteiger partial charge in [-0.3, -0.25) is 9.69 Å². The van der Waals surface area contributed by atoms with E-state index in [4.69, 9.17) is 9.47 Å². The summed E-state index contributed by atoms with van der Waals surface area (Å²) >= 11 is 0. The number of likely N-dealkylation sites (N-methyl/N-ethyl adjacent to an activating group) is 1. The summed E-state index contributed by atoms with van der Waals surface area (Å²) in [6.07, 6.45) is 15.6. The monoisotopic (exact) mass is 481 g/mol. The summed E-state index contributed by atoms with van der Waals surface area (Å²) < 4.78 is 12.1. The minimum Gasteiger partial charge on any atom is -0.487 e. The summed E-state index contributed by atoms with van der Waals surface area (Å²) in [6.45, 7) is 13.3. The molecule has 1 atom stereocenters. The number of nitrogens with zero attached hydrogens (tertiary/aromatic N) is 1. The average molecular weight is 482 g/mol. The van der Waals surface area contributed by atoms with Gasteiger partial charge in [-0.15, -0.1) is 0 Å². The normalized spacial score (nSPS) is 18.2. The van der Waals surface area contributed by atoms with Gasteiger partial charge >= 0.3 is 5.97 Å². The summed E-state index contributed by atoms with van der Waals surface area (Å²) in [5.74, 6) is 1.33. The second kappa shape index (κ2) is 13.7. The van der Waals surface area contributed by atoms with Gasteiger partial charge in [0, 0.05) is 0 Å². The minimum absolute atomic E-state index is 0.168. The summed E-state index contributed by atoms with van der Waals surface area (Å²) in [6, 6.07) is 3.88. The lowest BCUT2D eigenvalue weighted by Crippen LogP contribution is -2.36. The maximum absolute atomic E-state index is 12.0. The standard InChI is InChI=1S/C31H47NO3/c1-23(2)12-9-13-24(3)14-10-15-25(4)16-11-18-31(6)19-17-27-21-28(20-26(5)30(27)35-31)34-29(33)22-32(7)8/h12,14,16,20-21H,9-11,13,15,17-19,22H2,1-8H3/b24-14+,25-16+. The van der Waals surface area contributed by atoms with Gasteiger partial charge in [-0.1, -0.05) is 34.9 Å². The SMILES string of the molecule is CC(C)=CCC/C(C)=C/CC/C(C)=C/CCC1(C)CCc2cc(OC(=O)CN(C)C)cc(C)c2O1. The van der Waals surface area contributed by atoms with Gasteiger partial charge in [-0.05, 0) is 130 Å². The molecule has 0 bridgehead atoms. The second-order valence-corrected chi connectivity index (χ2v) is 11.0. The van der Waals surface area contributed by atoms with Gasteiger partial charge in [0.1, 0.15) is 17.1 Å². The number of ether oxygens (including phenoxy) is 2. The molecule has 0 radical (unpaired) electrons. The van der Waals surface area contributed by atoms with E-state index in [9.17, 15) is 4.79 Å². The number of benzene rings is 1. The van der Waals surface area contributed by atoms with Crippen molar-refractivity contribution in [2.24, 2.45) is 0 Å². The van der Waals surface area contributed by atoms with Gasteiger partial charge in [0.05, 0.1) is 6.54 Å². The van der Waals surface area contributed by atoms with Crippen molar-refractivity contribution in [3.8, 4) is 11.5 Å². The number of carbonyl (C=O) groups excluding carboxylic acids is 1. The molecule has 0 saturated carbocycles. The Morgan fingerprint density at radius 3 is 2.29 bits per heavy atom. The van der Waals surface area contributed by atoms with E-state index in [1.54, 1.807) is 0 Å². The maximum Gasteiger partial charge on any atom is 0.325 e. The Kier molecular flexibility index (Phi) is 11.3. The molecule has 1 aromatic rings. The van der Waals surface area contributed by atoms with E-state index in [-0.39, 0.29) is 18.1 Å². The Labute approximate surface area is 214 Å². The summed E-state index contributed by atoms with van der Waals surface area (Å²) in [4.78, 5) is 13.8. The number of aryl methyl sites for hydroxylation is 2. The van der Waals surface area contributed by atoms with E-state index in [2.05, 4.69) is 52.8 Å². The van der Waals surface area contributed by atoms with E-state index in [0.717, 1.165) is 68.2 Å². The first kappa shape index (κ1) is 28.9. The number of allylic oxidation sites excluding steroid dienone is 6. The molecule has 1 aliphatic rings. The molecular weight excluding hydrogens is 434 g/mol. The number of esters is 1. The molecule has 4 nitrogen and oxygen atoms in total. The highest BCUT2D eigenvalue weighted by atomic mass is 16.5. The molecule has 1 aromatic carbocycles. The molecule has 1 heterocycles. The van der Waals surface area contributed by atoms with Crippen molar-refractivity contribution >= 4 is 5.97 Å². The van der Waals surface area contributed by atoms with Crippen molar-refractivity contribution in [2.45, 2.75) is 98.5 Å². The van der Waals surface area contributed by atoms with Crippen molar-refractivity contribution in [3.05, 3.63) is 58.2 Å². The number of rotatable bonds is 12. The van der Waals surface area contributed by atoms with E-state index < -0.39 is 0 Å². The zero-order valence-corrected chi connectivity index (χ0v) is 23.4. The first-order valence-corrected chi connectivity index (χ1v) is 13.1. The molecule has 35 heavy (non-hydrogen) atoms. The van der Waals surface area contributed by atoms with Crippen LogP contribution >= 0.6 is 0 Å². The Bertz CT molecular complexity index is 950. The Hall–Kier alpha value is -2.33. The molecular formula is C31H47NO3. The first-order chi connectivity index (χ1) is 16.5. The Balaban J connectivity index is 1.86. The van der Waals surface area contributed by atoms with E-state index in [0.29, 0.717) is 5.75 Å². The lowest BCUT2D eigenvalue weighted by Gasteiger charge is -2.37. The van der Waals surface area contributed by atoms with Crippen LogP contribution in [0.4, 0.5) is 0 Å². The minimum atomic E-state index is -0.243. The topological polar surface area (TPSA) is 38.8 Å². The van der Waals surface area contributed by atoms with Gasteiger partial charge in [0.25, 0.3) is 0 Å². The molecule has 0 aromatic heterocycles. The fourth-order valence-corrected chi connectivity index (χ4v) is 4.46. The predicted octanol–water partition coefficient (Wildman–Crippen LogP) is 7.75. The molecule has 0 fully saturated rings. The van der Waals surface area contributed by atoms with Crippen LogP contribution in [-0.4, -0.2) is 37.1 Å². The fraction of sp³-hybridized carbons (Fsp3) is 0.581. The largest absolute Gasteiger partial charge is 0.487 e. The summed E-state index contributed by atoms with van der Waals surface area (Å²) in [7, 11) is 3.72. The fourth-order valence-electron chi connectivity index (χ4n) is 4.46. The van der Waals surface area contributed by atoms with E-state index in [1.165, 1.54) is 16.7 Å². The summed E-state index contributed by atoms with van der Waals surface area (Å²) in [5.41, 5.74) is 6.34. The molecule has 0 saturated heterocycles. The highest BCUT2D eigenvalue weighted by molar-refractivity contribution is 5.74. The third-order valence-electron chi connectivity index (χ3n) is 6.56. The van der Waals surface area contributed by atoms with E-state index >= 15 is 0 Å². The molecule has 194 valence electrons. The molecule has 4 heteroatoms. The molecule has 1 aliphatic heterocycles. The van der Waals surface area contributed by atoms with Crippen molar-refractivity contribution < 1.29 is 14.3 Å². The number of hydrogen-bond acceptors (Lipinski definition) is 4. The van der Waals surface area contributed by atoms with Gasteiger partial charge in [-0.25, -0.2) is 0 Å². The van der Waals surface area contributed by atoms with Crippen LogP contribution in [0.5, 0.6) is 11.5 Å². The third-order valence-corrected chi connectivity index (χ3v) is 6.56. The Morgan fingerprint density at radius 2 is 1.66 bits per heavy atom. The van der Waals surface area contributed by atoms with Crippen molar-refractivity contribution in [2.75, 3.05) is 20.6 Å². The van der Waals surface area contributed by atoms with Gasteiger partial charge in [0.15, 0.2) is 0 Å². The van der Waals surface area contributed by atoms with Crippen LogP contribution in [0, 0.1) is 6.92 Å². The lowest BCUT2D eigenvalue weighted by molar-refractivity contribution is -0.135. The summed E-state index contributed by atoms with van der Waals surface area (Å²) in [5, 5.41) is 0. The molecule has 2 rings (SSSR count). The average Bonchev–Trinajstić information content (AvgIpc) is 2.73. The second-order valence-electron chi connectivity index (χ2n) is 11.0. The third kappa shape index (κ3) is 10.4. The van der Waals surface area contributed by atoms with Crippen LogP contribution in [-0.2, 0) is 11.2 Å².